The number of nitrogens with one attached hydrogen (secondary N) is 1. The predicted molar refractivity (Wildman–Crippen MR) is 131 cm³/mol. The minimum Gasteiger partial charge on any atom is -0.495 e. The molecule has 0 aromatic heterocycles. The Morgan fingerprint density at radius 3 is 2.31 bits per heavy atom. The molecule has 8 heteroatoms. The molecule has 1 amide bonds. The maximum atomic E-state index is 13.0. The number of hydrogen-bond acceptors (Lipinski definition) is 5. The Kier molecular flexibility index (Phi) is 8.56. The van der Waals surface area contributed by atoms with Gasteiger partial charge in [-0.05, 0) is 49.4 Å². The summed E-state index contributed by atoms with van der Waals surface area (Å²) in [6.45, 7) is 2.46. The Morgan fingerprint density at radius 1 is 0.938 bits per heavy atom. The first kappa shape index (κ1) is 24.1. The lowest BCUT2D eigenvalue weighted by Gasteiger charge is -2.15. The number of anilines is 1. The second kappa shape index (κ2) is 11.4. The van der Waals surface area contributed by atoms with Gasteiger partial charge in [-0.2, -0.15) is 0 Å². The monoisotopic (exact) mass is 491 g/mol. The van der Waals surface area contributed by atoms with Gasteiger partial charge >= 0.3 is 0 Å². The third kappa shape index (κ3) is 6.03. The molecule has 0 saturated carbocycles. The molecule has 0 aliphatic carbocycles. The third-order valence-electron chi connectivity index (χ3n) is 4.55. The number of benzene rings is 3. The molecule has 0 aliphatic rings. The summed E-state index contributed by atoms with van der Waals surface area (Å²) >= 11 is 13.8. The van der Waals surface area contributed by atoms with Gasteiger partial charge in [-0.15, -0.1) is 11.8 Å². The highest BCUT2D eigenvalue weighted by molar-refractivity contribution is 7.98. The molecular formula is C24H23Cl2NO4S. The highest BCUT2D eigenvalue weighted by atomic mass is 35.5. The maximum Gasteiger partial charge on any atom is 0.255 e. The van der Waals surface area contributed by atoms with Gasteiger partial charge in [0.25, 0.3) is 5.91 Å². The van der Waals surface area contributed by atoms with E-state index in [1.807, 2.05) is 43.3 Å². The van der Waals surface area contributed by atoms with Crippen LogP contribution in [-0.4, -0.2) is 26.7 Å². The number of amides is 1. The van der Waals surface area contributed by atoms with Crippen molar-refractivity contribution in [3.8, 4) is 17.2 Å². The summed E-state index contributed by atoms with van der Waals surface area (Å²) in [5.41, 5.74) is 1.88. The number of ether oxygens (including phenoxy) is 3. The Hall–Kier alpha value is -2.54. The van der Waals surface area contributed by atoms with Crippen LogP contribution in [0.5, 0.6) is 17.2 Å². The van der Waals surface area contributed by atoms with Gasteiger partial charge in [0.05, 0.1) is 31.5 Å². The van der Waals surface area contributed by atoms with Gasteiger partial charge in [-0.1, -0.05) is 23.2 Å². The van der Waals surface area contributed by atoms with Crippen molar-refractivity contribution in [1.82, 2.24) is 0 Å². The highest BCUT2D eigenvalue weighted by Gasteiger charge is 2.16. The van der Waals surface area contributed by atoms with Crippen molar-refractivity contribution in [2.45, 2.75) is 17.6 Å². The number of thioether (sulfide) groups is 1. The summed E-state index contributed by atoms with van der Waals surface area (Å²) in [7, 11) is 3.02. The van der Waals surface area contributed by atoms with E-state index < -0.39 is 0 Å². The fraction of sp³-hybridized carbons (Fsp3) is 0.208. The highest BCUT2D eigenvalue weighted by Crippen LogP contribution is 2.36. The van der Waals surface area contributed by atoms with Crippen LogP contribution in [0.4, 0.5) is 5.69 Å². The standard InChI is InChI=1S/C24H23Cl2NO4S/c1-4-31-21-10-5-15(11-16(21)14-32-18-8-6-17(25)7-9-18)24(28)27-20-13-22(29-2)19(26)12-23(20)30-3/h5-13H,4,14H2,1-3H3,(H,27,28). The van der Waals surface area contributed by atoms with E-state index in [2.05, 4.69) is 5.32 Å². The second-order valence-corrected chi connectivity index (χ2v) is 8.53. The number of rotatable bonds is 9. The molecule has 0 heterocycles. The molecular weight excluding hydrogens is 469 g/mol. The molecule has 0 saturated heterocycles. The first-order valence-corrected chi connectivity index (χ1v) is 11.6. The summed E-state index contributed by atoms with van der Waals surface area (Å²) in [6.07, 6.45) is 0. The Morgan fingerprint density at radius 2 is 1.66 bits per heavy atom. The summed E-state index contributed by atoms with van der Waals surface area (Å²) in [5.74, 6) is 1.98. The SMILES string of the molecule is CCOc1ccc(C(=O)Nc2cc(OC)c(Cl)cc2OC)cc1CSc1ccc(Cl)cc1. The number of carbonyl (C=O) groups excluding carboxylic acids is 1. The molecule has 3 rings (SSSR count). The molecule has 3 aromatic carbocycles. The van der Waals surface area contributed by atoms with E-state index in [0.29, 0.717) is 45.2 Å². The van der Waals surface area contributed by atoms with Gasteiger partial charge in [-0.25, -0.2) is 0 Å². The first-order valence-electron chi connectivity index (χ1n) is 9.82. The molecule has 32 heavy (non-hydrogen) atoms. The lowest BCUT2D eigenvalue weighted by atomic mass is 10.1. The van der Waals surface area contributed by atoms with E-state index in [0.717, 1.165) is 16.2 Å². The molecule has 0 atom stereocenters. The maximum absolute atomic E-state index is 13.0. The minimum absolute atomic E-state index is 0.284. The first-order chi connectivity index (χ1) is 15.4. The minimum atomic E-state index is -0.284. The summed E-state index contributed by atoms with van der Waals surface area (Å²) in [5, 5.41) is 3.96. The van der Waals surface area contributed by atoms with E-state index in [1.165, 1.54) is 14.2 Å². The van der Waals surface area contributed by atoms with Gasteiger partial charge in [0.1, 0.15) is 17.2 Å². The molecule has 0 unspecified atom stereocenters. The molecule has 0 radical (unpaired) electrons. The van der Waals surface area contributed by atoms with Crippen molar-refractivity contribution in [1.29, 1.82) is 0 Å². The topological polar surface area (TPSA) is 56.8 Å². The van der Waals surface area contributed by atoms with Crippen LogP contribution in [-0.2, 0) is 5.75 Å². The van der Waals surface area contributed by atoms with E-state index in [-0.39, 0.29) is 5.91 Å². The number of halogens is 2. The molecule has 3 aromatic rings. The summed E-state index contributed by atoms with van der Waals surface area (Å²) in [6, 6.07) is 16.2. The number of carbonyl (C=O) groups is 1. The van der Waals surface area contributed by atoms with Gasteiger partial charge in [0.2, 0.25) is 0 Å². The molecule has 168 valence electrons. The van der Waals surface area contributed by atoms with E-state index >= 15 is 0 Å². The van der Waals surface area contributed by atoms with E-state index in [1.54, 1.807) is 30.0 Å². The van der Waals surface area contributed by atoms with Crippen LogP contribution < -0.4 is 19.5 Å². The van der Waals surface area contributed by atoms with E-state index in [9.17, 15) is 4.79 Å². The zero-order valence-corrected chi connectivity index (χ0v) is 20.2. The van der Waals surface area contributed by atoms with Crippen molar-refractivity contribution in [3.05, 3.63) is 75.8 Å². The van der Waals surface area contributed by atoms with Crippen molar-refractivity contribution in [2.75, 3.05) is 26.1 Å². The van der Waals surface area contributed by atoms with Crippen molar-refractivity contribution >= 4 is 46.6 Å². The molecule has 0 spiro atoms. The number of hydrogen-bond donors (Lipinski definition) is 1. The smallest absolute Gasteiger partial charge is 0.255 e. The predicted octanol–water partition coefficient (Wildman–Crippen LogP) is 6.95. The lowest BCUT2D eigenvalue weighted by Crippen LogP contribution is -2.13. The van der Waals surface area contributed by atoms with Crippen LogP contribution in [0.3, 0.4) is 0 Å². The summed E-state index contributed by atoms with van der Waals surface area (Å²) < 4.78 is 16.4. The van der Waals surface area contributed by atoms with Crippen molar-refractivity contribution in [2.24, 2.45) is 0 Å². The third-order valence-corrected chi connectivity index (χ3v) is 6.16. The van der Waals surface area contributed by atoms with Crippen LogP contribution in [0.25, 0.3) is 0 Å². The van der Waals surface area contributed by atoms with Crippen LogP contribution in [0.15, 0.2) is 59.5 Å². The molecule has 0 aliphatic heterocycles. The van der Waals surface area contributed by atoms with Crippen LogP contribution in [0.2, 0.25) is 10.0 Å². The molecule has 0 fully saturated rings. The second-order valence-electron chi connectivity index (χ2n) is 6.64. The van der Waals surface area contributed by atoms with Gasteiger partial charge in [0.15, 0.2) is 0 Å². The van der Waals surface area contributed by atoms with Gasteiger partial charge < -0.3 is 19.5 Å². The molecule has 0 bridgehead atoms. The zero-order valence-electron chi connectivity index (χ0n) is 17.9. The molecule has 5 nitrogen and oxygen atoms in total. The fourth-order valence-electron chi connectivity index (χ4n) is 2.97. The fourth-order valence-corrected chi connectivity index (χ4v) is 4.21. The Balaban J connectivity index is 1.83. The normalized spacial score (nSPS) is 10.5. The quantitative estimate of drug-likeness (QED) is 0.328. The Labute approximate surface area is 202 Å². The molecule has 1 N–H and O–H groups in total. The largest absolute Gasteiger partial charge is 0.495 e. The van der Waals surface area contributed by atoms with Crippen LogP contribution in [0, 0.1) is 0 Å². The van der Waals surface area contributed by atoms with Crippen molar-refractivity contribution in [3.63, 3.8) is 0 Å². The summed E-state index contributed by atoms with van der Waals surface area (Å²) in [4.78, 5) is 14.1. The van der Waals surface area contributed by atoms with Gasteiger partial charge in [-0.3, -0.25) is 4.79 Å². The zero-order chi connectivity index (χ0) is 23.1. The average molecular weight is 492 g/mol. The Bertz CT molecular complexity index is 1090. The lowest BCUT2D eigenvalue weighted by molar-refractivity contribution is 0.102. The van der Waals surface area contributed by atoms with Gasteiger partial charge in [0, 0.05) is 38.9 Å². The number of methoxy groups -OCH3 is 2. The van der Waals surface area contributed by atoms with Crippen molar-refractivity contribution < 1.29 is 19.0 Å². The van der Waals surface area contributed by atoms with E-state index in [4.69, 9.17) is 37.4 Å². The average Bonchev–Trinajstić information content (AvgIpc) is 2.80. The van der Waals surface area contributed by atoms with Crippen LogP contribution >= 0.6 is 35.0 Å². The van der Waals surface area contributed by atoms with Crippen LogP contribution in [0.1, 0.15) is 22.8 Å².